The third-order valence-corrected chi connectivity index (χ3v) is 4.06. The molecule has 2 aromatic carbocycles. The van der Waals surface area contributed by atoms with Crippen molar-refractivity contribution in [1.82, 2.24) is 9.97 Å². The Balaban J connectivity index is 2.10. The summed E-state index contributed by atoms with van der Waals surface area (Å²) in [5, 5.41) is 10.8. The van der Waals surface area contributed by atoms with Crippen LogP contribution in [-0.4, -0.2) is 9.97 Å². The van der Waals surface area contributed by atoms with Crippen LogP contribution in [0.25, 0.3) is 32.6 Å². The molecule has 0 aliphatic heterocycles. The fourth-order valence-corrected chi connectivity index (χ4v) is 3.02. The van der Waals surface area contributed by atoms with Gasteiger partial charge in [-0.3, -0.25) is 4.79 Å². The van der Waals surface area contributed by atoms with Gasteiger partial charge in [0, 0.05) is 35.2 Å². The molecule has 0 saturated heterocycles. The molecule has 0 radical (unpaired) electrons. The predicted molar refractivity (Wildman–Crippen MR) is 88.2 cm³/mol. The van der Waals surface area contributed by atoms with Gasteiger partial charge in [-0.25, -0.2) is 9.37 Å². The Labute approximate surface area is 135 Å². The number of hydrogen-bond donors (Lipinski definition) is 1. The minimum Gasteiger partial charge on any atom is -0.440 e. The number of hydrogen-bond acceptors (Lipinski definition) is 4. The zero-order valence-electron chi connectivity index (χ0n) is 12.6. The number of nitriles is 1. The number of rotatable bonds is 3. The summed E-state index contributed by atoms with van der Waals surface area (Å²) in [6, 6.07) is 8.12. The van der Waals surface area contributed by atoms with Crippen LogP contribution in [0.3, 0.4) is 0 Å². The number of halogens is 1. The van der Waals surface area contributed by atoms with Crippen LogP contribution in [0, 0.1) is 17.1 Å². The van der Waals surface area contributed by atoms with Gasteiger partial charge in [-0.1, -0.05) is 0 Å². The van der Waals surface area contributed by atoms with Crippen molar-refractivity contribution in [2.45, 2.75) is 19.3 Å². The highest BCUT2D eigenvalue weighted by molar-refractivity contribution is 6.22. The predicted octanol–water partition coefficient (Wildman–Crippen LogP) is 3.81. The molecule has 0 aliphatic rings. The molecule has 24 heavy (non-hydrogen) atoms. The molecule has 0 bridgehead atoms. The molecule has 2 aromatic heterocycles. The van der Waals surface area contributed by atoms with E-state index in [0.717, 1.165) is 0 Å². The van der Waals surface area contributed by atoms with Crippen molar-refractivity contribution in [1.29, 1.82) is 5.26 Å². The van der Waals surface area contributed by atoms with Gasteiger partial charge in [-0.2, -0.15) is 5.26 Å². The van der Waals surface area contributed by atoms with Gasteiger partial charge in [-0.15, -0.1) is 0 Å². The lowest BCUT2D eigenvalue weighted by molar-refractivity contribution is 0.523. The Morgan fingerprint density at radius 3 is 2.96 bits per heavy atom. The van der Waals surface area contributed by atoms with Crippen LogP contribution in [0.15, 0.2) is 39.7 Å². The number of fused-ring (bicyclic) bond motifs is 6. The van der Waals surface area contributed by atoms with Crippen molar-refractivity contribution in [2.24, 2.45) is 0 Å². The van der Waals surface area contributed by atoms with Crippen LogP contribution in [-0.2, 0) is 6.42 Å². The maximum Gasteiger partial charge on any atom is 0.256 e. The van der Waals surface area contributed by atoms with E-state index >= 15 is 0 Å². The quantitative estimate of drug-likeness (QED) is 0.459. The first-order valence-corrected chi connectivity index (χ1v) is 7.58. The van der Waals surface area contributed by atoms with E-state index in [1.54, 1.807) is 12.1 Å². The minimum atomic E-state index is -0.413. The zero-order valence-corrected chi connectivity index (χ0v) is 12.6. The van der Waals surface area contributed by atoms with Crippen molar-refractivity contribution < 1.29 is 8.81 Å². The first-order valence-electron chi connectivity index (χ1n) is 7.58. The summed E-state index contributed by atoms with van der Waals surface area (Å²) in [6.45, 7) is 0. The standard InChI is InChI=1S/C18H12FN3O2/c19-10-4-5-11-13(9-10)15-12(6-8-21-18(15)23)17-16(11)22-14(24-17)3-1-2-7-20/h4-6,8-9H,1-3H2,(H,21,23). The van der Waals surface area contributed by atoms with Gasteiger partial charge in [0.05, 0.1) is 11.5 Å². The largest absolute Gasteiger partial charge is 0.440 e. The molecule has 0 aliphatic carbocycles. The second-order valence-electron chi connectivity index (χ2n) is 5.58. The van der Waals surface area contributed by atoms with E-state index in [-0.39, 0.29) is 5.56 Å². The second-order valence-corrected chi connectivity index (χ2v) is 5.58. The Hall–Kier alpha value is -3.20. The van der Waals surface area contributed by atoms with Crippen LogP contribution in [0.2, 0.25) is 0 Å². The van der Waals surface area contributed by atoms with E-state index in [0.29, 0.717) is 57.8 Å². The molecule has 0 spiro atoms. The first-order chi connectivity index (χ1) is 11.7. The molecule has 118 valence electrons. The van der Waals surface area contributed by atoms with Crippen LogP contribution >= 0.6 is 0 Å². The monoisotopic (exact) mass is 321 g/mol. The fourth-order valence-electron chi connectivity index (χ4n) is 3.02. The van der Waals surface area contributed by atoms with Crippen molar-refractivity contribution in [3.05, 3.63) is 52.5 Å². The SMILES string of the molecule is N#CCCCc1nc2c3ccc(F)cc3c3c(=O)[nH]ccc3c2o1. The molecule has 0 saturated carbocycles. The smallest absolute Gasteiger partial charge is 0.256 e. The summed E-state index contributed by atoms with van der Waals surface area (Å²) in [4.78, 5) is 19.4. The summed E-state index contributed by atoms with van der Waals surface area (Å²) >= 11 is 0. The zero-order chi connectivity index (χ0) is 16.7. The first kappa shape index (κ1) is 14.4. The summed E-state index contributed by atoms with van der Waals surface area (Å²) in [6.07, 6.45) is 3.14. The number of nitrogens with zero attached hydrogens (tertiary/aromatic N) is 2. The van der Waals surface area contributed by atoms with Crippen molar-refractivity contribution >= 4 is 32.6 Å². The molecular formula is C18H12FN3O2. The molecule has 1 N–H and O–H groups in total. The van der Waals surface area contributed by atoms with Gasteiger partial charge in [0.1, 0.15) is 11.3 Å². The molecule has 4 rings (SSSR count). The molecule has 0 amide bonds. The lowest BCUT2D eigenvalue weighted by Crippen LogP contribution is -2.05. The Morgan fingerprint density at radius 1 is 1.25 bits per heavy atom. The van der Waals surface area contributed by atoms with Crippen molar-refractivity contribution in [3.8, 4) is 6.07 Å². The van der Waals surface area contributed by atoms with E-state index in [4.69, 9.17) is 9.68 Å². The van der Waals surface area contributed by atoms with Gasteiger partial charge in [0.25, 0.3) is 5.56 Å². The fraction of sp³-hybridized carbons (Fsp3) is 0.167. The number of oxazole rings is 1. The average Bonchev–Trinajstić information content (AvgIpc) is 2.99. The molecule has 2 heterocycles. The third kappa shape index (κ3) is 2.14. The summed E-state index contributed by atoms with van der Waals surface area (Å²) in [5.41, 5.74) is 0.824. The van der Waals surface area contributed by atoms with Gasteiger partial charge in [0.15, 0.2) is 11.5 Å². The number of benzene rings is 2. The maximum absolute atomic E-state index is 13.7. The van der Waals surface area contributed by atoms with Crippen LogP contribution in [0.4, 0.5) is 4.39 Å². The van der Waals surface area contributed by atoms with Crippen molar-refractivity contribution in [3.63, 3.8) is 0 Å². The number of aromatic amines is 1. The van der Waals surface area contributed by atoms with Gasteiger partial charge < -0.3 is 9.40 Å². The third-order valence-electron chi connectivity index (χ3n) is 4.06. The highest BCUT2D eigenvalue weighted by atomic mass is 19.1. The van der Waals surface area contributed by atoms with E-state index in [1.807, 2.05) is 0 Å². The lowest BCUT2D eigenvalue weighted by Gasteiger charge is -2.04. The number of H-pyrrole nitrogens is 1. The Kier molecular flexibility index (Phi) is 3.28. The van der Waals surface area contributed by atoms with Crippen molar-refractivity contribution in [2.75, 3.05) is 0 Å². The minimum absolute atomic E-state index is 0.299. The number of unbranched alkanes of at least 4 members (excludes halogenated alkanes) is 1. The van der Waals surface area contributed by atoms with Crippen LogP contribution in [0.5, 0.6) is 0 Å². The van der Waals surface area contributed by atoms with Gasteiger partial charge >= 0.3 is 0 Å². The highest BCUT2D eigenvalue weighted by Gasteiger charge is 2.17. The molecule has 0 fully saturated rings. The van der Waals surface area contributed by atoms with E-state index in [2.05, 4.69) is 16.0 Å². The van der Waals surface area contributed by atoms with E-state index < -0.39 is 5.82 Å². The molecular weight excluding hydrogens is 309 g/mol. The van der Waals surface area contributed by atoms with E-state index in [9.17, 15) is 9.18 Å². The maximum atomic E-state index is 13.7. The lowest BCUT2D eigenvalue weighted by atomic mass is 10.0. The van der Waals surface area contributed by atoms with Crippen LogP contribution < -0.4 is 5.56 Å². The number of nitrogens with one attached hydrogen (secondary N) is 1. The number of aromatic nitrogens is 2. The van der Waals surface area contributed by atoms with Gasteiger partial charge in [-0.05, 0) is 30.7 Å². The van der Waals surface area contributed by atoms with E-state index in [1.165, 1.54) is 18.3 Å². The molecule has 0 unspecified atom stereocenters. The normalized spacial score (nSPS) is 11.3. The topological polar surface area (TPSA) is 82.7 Å². The summed E-state index contributed by atoms with van der Waals surface area (Å²) in [5.74, 6) is 0.0998. The number of aryl methyl sites for hydroxylation is 1. The molecule has 4 aromatic rings. The van der Waals surface area contributed by atoms with Crippen LogP contribution in [0.1, 0.15) is 18.7 Å². The highest BCUT2D eigenvalue weighted by Crippen LogP contribution is 2.34. The Morgan fingerprint density at radius 2 is 2.12 bits per heavy atom. The summed E-state index contributed by atoms with van der Waals surface area (Å²) in [7, 11) is 0. The Bertz CT molecular complexity index is 1180. The molecule has 5 nitrogen and oxygen atoms in total. The number of pyridine rings is 1. The summed E-state index contributed by atoms with van der Waals surface area (Å²) < 4.78 is 19.6. The second kappa shape index (κ2) is 5.46. The molecule has 6 heteroatoms. The van der Waals surface area contributed by atoms with Gasteiger partial charge in [0.2, 0.25) is 0 Å². The average molecular weight is 321 g/mol. The molecule has 0 atom stereocenters.